The van der Waals surface area contributed by atoms with E-state index in [-0.39, 0.29) is 0 Å². The van der Waals surface area contributed by atoms with Crippen molar-refractivity contribution in [3.05, 3.63) is 0 Å². The van der Waals surface area contributed by atoms with Gasteiger partial charge in [-0.2, -0.15) is 0 Å². The van der Waals surface area contributed by atoms with Gasteiger partial charge in [-0.05, 0) is 37.0 Å². The molecule has 0 heterocycles. The van der Waals surface area contributed by atoms with Gasteiger partial charge in [0.1, 0.15) is 0 Å². The molecule has 1 aliphatic carbocycles. The summed E-state index contributed by atoms with van der Waals surface area (Å²) in [6, 6.07) is 0. The van der Waals surface area contributed by atoms with Crippen molar-refractivity contribution in [3.63, 3.8) is 0 Å². The highest BCUT2D eigenvalue weighted by Gasteiger charge is 2.32. The summed E-state index contributed by atoms with van der Waals surface area (Å²) >= 11 is 0. The SMILES string of the molecule is CCCC[N+](C)(C)COC1C[C@H](C)CCC1C(C)C. The second-order valence-electron chi connectivity index (χ2n) is 7.67. The van der Waals surface area contributed by atoms with Gasteiger partial charge in [0.05, 0.1) is 26.7 Å². The van der Waals surface area contributed by atoms with Gasteiger partial charge in [-0.3, -0.25) is 0 Å². The van der Waals surface area contributed by atoms with Crippen molar-refractivity contribution in [2.24, 2.45) is 17.8 Å². The van der Waals surface area contributed by atoms with Crippen molar-refractivity contribution in [3.8, 4) is 0 Å². The van der Waals surface area contributed by atoms with E-state index in [9.17, 15) is 0 Å². The molecule has 19 heavy (non-hydrogen) atoms. The molecule has 2 nitrogen and oxygen atoms in total. The minimum absolute atomic E-state index is 0.489. The lowest BCUT2D eigenvalue weighted by atomic mass is 9.75. The number of hydrogen-bond donors (Lipinski definition) is 0. The van der Waals surface area contributed by atoms with E-state index in [1.165, 1.54) is 38.6 Å². The highest BCUT2D eigenvalue weighted by atomic mass is 16.5. The van der Waals surface area contributed by atoms with Crippen molar-refractivity contribution in [2.75, 3.05) is 27.4 Å². The van der Waals surface area contributed by atoms with Gasteiger partial charge in [-0.25, -0.2) is 0 Å². The summed E-state index contributed by atoms with van der Waals surface area (Å²) in [5.41, 5.74) is 0. The smallest absolute Gasteiger partial charge is 0.183 e. The highest BCUT2D eigenvalue weighted by Crippen LogP contribution is 2.35. The Morgan fingerprint density at radius 3 is 2.47 bits per heavy atom. The Kier molecular flexibility index (Phi) is 6.82. The first-order valence-electron chi connectivity index (χ1n) is 8.29. The number of rotatable bonds is 7. The van der Waals surface area contributed by atoms with Crippen LogP contribution in [0.15, 0.2) is 0 Å². The first kappa shape index (κ1) is 17.0. The topological polar surface area (TPSA) is 9.23 Å². The first-order chi connectivity index (χ1) is 8.85. The summed E-state index contributed by atoms with van der Waals surface area (Å²) in [5.74, 6) is 2.36. The van der Waals surface area contributed by atoms with Gasteiger partial charge in [0.2, 0.25) is 0 Å². The molecule has 1 fully saturated rings. The summed E-state index contributed by atoms with van der Waals surface area (Å²) < 4.78 is 7.36. The number of unbranched alkanes of at least 4 members (excludes halogenated alkanes) is 1. The fourth-order valence-electron chi connectivity index (χ4n) is 3.25. The summed E-state index contributed by atoms with van der Waals surface area (Å²) in [6.07, 6.45) is 7.06. The zero-order valence-corrected chi connectivity index (χ0v) is 14.1. The van der Waals surface area contributed by atoms with Crippen molar-refractivity contribution >= 4 is 0 Å². The number of hydrogen-bond acceptors (Lipinski definition) is 1. The minimum Gasteiger partial charge on any atom is -0.328 e. The van der Waals surface area contributed by atoms with Gasteiger partial charge in [-0.15, -0.1) is 0 Å². The lowest BCUT2D eigenvalue weighted by molar-refractivity contribution is -0.911. The van der Waals surface area contributed by atoms with Crippen LogP contribution < -0.4 is 0 Å². The second-order valence-corrected chi connectivity index (χ2v) is 7.67. The monoisotopic (exact) mass is 270 g/mol. The van der Waals surface area contributed by atoms with E-state index in [1.54, 1.807) is 0 Å². The molecule has 3 atom stereocenters. The van der Waals surface area contributed by atoms with Crippen LogP contribution in [0.2, 0.25) is 0 Å². The predicted octanol–water partition coefficient (Wildman–Crippen LogP) is 4.30. The molecule has 2 unspecified atom stereocenters. The van der Waals surface area contributed by atoms with Crippen LogP contribution >= 0.6 is 0 Å². The van der Waals surface area contributed by atoms with Crippen LogP contribution in [0.5, 0.6) is 0 Å². The third-order valence-electron chi connectivity index (χ3n) is 4.72. The Morgan fingerprint density at radius 1 is 1.21 bits per heavy atom. The van der Waals surface area contributed by atoms with Gasteiger partial charge in [0.25, 0.3) is 0 Å². The van der Waals surface area contributed by atoms with Crippen LogP contribution in [0, 0.1) is 17.8 Å². The molecule has 114 valence electrons. The quantitative estimate of drug-likeness (QED) is 0.495. The molecule has 0 saturated heterocycles. The number of ether oxygens (including phenoxy) is 1. The molecule has 0 aliphatic heterocycles. The molecule has 1 saturated carbocycles. The molecule has 2 heteroatoms. The standard InChI is InChI=1S/C17H36NO/c1-7-8-11-18(5,6)13-19-17-12-15(4)9-10-16(17)14(2)3/h14-17H,7-13H2,1-6H3/q+1/t15-,16?,17?/m1/s1. The Bertz CT molecular complexity index is 250. The molecule has 0 amide bonds. The maximum absolute atomic E-state index is 6.36. The van der Waals surface area contributed by atoms with Gasteiger partial charge in [0.15, 0.2) is 6.73 Å². The molecule has 1 aliphatic rings. The van der Waals surface area contributed by atoms with Gasteiger partial charge in [-0.1, -0.05) is 40.5 Å². The van der Waals surface area contributed by atoms with Crippen LogP contribution in [-0.2, 0) is 4.74 Å². The Morgan fingerprint density at radius 2 is 1.89 bits per heavy atom. The van der Waals surface area contributed by atoms with Crippen LogP contribution in [-0.4, -0.2) is 38.0 Å². The van der Waals surface area contributed by atoms with Crippen molar-refractivity contribution < 1.29 is 9.22 Å². The minimum atomic E-state index is 0.489. The zero-order valence-electron chi connectivity index (χ0n) is 14.1. The van der Waals surface area contributed by atoms with Crippen LogP contribution in [0.25, 0.3) is 0 Å². The molecule has 0 aromatic rings. The van der Waals surface area contributed by atoms with E-state index in [4.69, 9.17) is 4.74 Å². The van der Waals surface area contributed by atoms with E-state index < -0.39 is 0 Å². The normalized spacial score (nSPS) is 28.9. The van der Waals surface area contributed by atoms with E-state index in [0.29, 0.717) is 6.10 Å². The molecule has 0 radical (unpaired) electrons. The molecule has 0 aromatic heterocycles. The van der Waals surface area contributed by atoms with E-state index >= 15 is 0 Å². The second kappa shape index (κ2) is 7.64. The first-order valence-corrected chi connectivity index (χ1v) is 8.29. The summed E-state index contributed by atoms with van der Waals surface area (Å²) in [4.78, 5) is 0. The van der Waals surface area contributed by atoms with E-state index in [0.717, 1.165) is 29.0 Å². The molecule has 0 spiro atoms. The Hall–Kier alpha value is -0.0800. The van der Waals surface area contributed by atoms with Crippen molar-refractivity contribution in [2.45, 2.75) is 65.9 Å². The third kappa shape index (κ3) is 5.83. The lowest BCUT2D eigenvalue weighted by Gasteiger charge is -2.39. The number of nitrogens with zero attached hydrogens (tertiary/aromatic N) is 1. The largest absolute Gasteiger partial charge is 0.328 e. The average Bonchev–Trinajstić information content (AvgIpc) is 2.34. The highest BCUT2D eigenvalue weighted by molar-refractivity contribution is 4.81. The van der Waals surface area contributed by atoms with E-state index in [1.807, 2.05) is 0 Å². The summed E-state index contributed by atoms with van der Waals surface area (Å²) in [5, 5.41) is 0. The zero-order chi connectivity index (χ0) is 14.5. The van der Waals surface area contributed by atoms with Gasteiger partial charge in [0, 0.05) is 0 Å². The van der Waals surface area contributed by atoms with Crippen molar-refractivity contribution in [1.82, 2.24) is 0 Å². The fraction of sp³-hybridized carbons (Fsp3) is 1.00. The van der Waals surface area contributed by atoms with Crippen LogP contribution in [0.4, 0.5) is 0 Å². The fourth-order valence-corrected chi connectivity index (χ4v) is 3.25. The van der Waals surface area contributed by atoms with E-state index in [2.05, 4.69) is 41.8 Å². The van der Waals surface area contributed by atoms with Crippen LogP contribution in [0.1, 0.15) is 59.8 Å². The maximum atomic E-state index is 6.36. The maximum Gasteiger partial charge on any atom is 0.183 e. The summed E-state index contributed by atoms with van der Waals surface area (Å²) in [7, 11) is 4.60. The summed E-state index contributed by atoms with van der Waals surface area (Å²) in [6.45, 7) is 11.5. The molecule has 0 bridgehead atoms. The Balaban J connectivity index is 2.47. The molecular formula is C17H36NO+. The average molecular weight is 270 g/mol. The molecule has 0 N–H and O–H groups in total. The third-order valence-corrected chi connectivity index (χ3v) is 4.72. The molecule has 0 aromatic carbocycles. The predicted molar refractivity (Wildman–Crippen MR) is 83.0 cm³/mol. The van der Waals surface area contributed by atoms with Gasteiger partial charge < -0.3 is 9.22 Å². The number of quaternary nitrogens is 1. The Labute approximate surface area is 121 Å². The van der Waals surface area contributed by atoms with Crippen molar-refractivity contribution in [1.29, 1.82) is 0 Å². The lowest BCUT2D eigenvalue weighted by Crippen LogP contribution is -2.45. The van der Waals surface area contributed by atoms with Crippen LogP contribution in [0.3, 0.4) is 0 Å². The molecular weight excluding hydrogens is 234 g/mol. The van der Waals surface area contributed by atoms with Gasteiger partial charge >= 0.3 is 0 Å². The molecule has 1 rings (SSSR count).